The topological polar surface area (TPSA) is 85.1 Å². The molecule has 2 aromatic heterocycles. The van der Waals surface area contributed by atoms with Gasteiger partial charge in [0.2, 0.25) is 5.82 Å². The second-order valence-corrected chi connectivity index (χ2v) is 6.97. The van der Waals surface area contributed by atoms with E-state index in [1.165, 1.54) is 0 Å². The minimum absolute atomic E-state index is 0.128. The molecule has 1 aliphatic rings. The van der Waals surface area contributed by atoms with Crippen LogP contribution in [0.2, 0.25) is 0 Å². The van der Waals surface area contributed by atoms with Crippen LogP contribution in [0.25, 0.3) is 16.8 Å². The number of benzene rings is 1. The Balaban J connectivity index is 1.72. The zero-order valence-electron chi connectivity index (χ0n) is 15.7. The van der Waals surface area contributed by atoms with E-state index in [2.05, 4.69) is 10.3 Å². The average molecular weight is 381 g/mol. The molecule has 2 N–H and O–H groups in total. The van der Waals surface area contributed by atoms with E-state index in [1.54, 1.807) is 11.5 Å². The number of hydrogen-bond acceptors (Lipinski definition) is 5. The molecule has 1 fully saturated rings. The number of nitrogens with zero attached hydrogens (tertiary/aromatic N) is 2. The van der Waals surface area contributed by atoms with Crippen LogP contribution in [0.4, 0.5) is 0 Å². The first-order valence-corrected chi connectivity index (χ1v) is 9.28. The maximum atomic E-state index is 13.1. The summed E-state index contributed by atoms with van der Waals surface area (Å²) >= 11 is 0. The molecule has 7 heteroatoms. The maximum Gasteiger partial charge on any atom is 0.288 e. The number of amides is 1. The summed E-state index contributed by atoms with van der Waals surface area (Å²) in [5.74, 6) is 0.743. The molecule has 0 spiro atoms. The monoisotopic (exact) mass is 381 g/mol. The lowest BCUT2D eigenvalue weighted by Gasteiger charge is -2.36. The number of hydrogen-bond donors (Lipinski definition) is 2. The van der Waals surface area contributed by atoms with Gasteiger partial charge in [0.25, 0.3) is 5.91 Å². The zero-order chi connectivity index (χ0) is 19.6. The van der Waals surface area contributed by atoms with Crippen molar-refractivity contribution in [2.24, 2.45) is 0 Å². The smallest absolute Gasteiger partial charge is 0.288 e. The van der Waals surface area contributed by atoms with Crippen LogP contribution < -0.4 is 10.1 Å². The van der Waals surface area contributed by atoms with Crippen LogP contribution in [-0.4, -0.2) is 52.9 Å². The minimum Gasteiger partial charge on any atom is -0.497 e. The van der Waals surface area contributed by atoms with Crippen molar-refractivity contribution in [3.8, 4) is 17.0 Å². The van der Waals surface area contributed by atoms with Crippen LogP contribution in [-0.2, 0) is 4.74 Å². The van der Waals surface area contributed by atoms with Crippen molar-refractivity contribution in [1.82, 2.24) is 14.7 Å². The van der Waals surface area contributed by atoms with Gasteiger partial charge in [-0.15, -0.1) is 0 Å². The van der Waals surface area contributed by atoms with Crippen LogP contribution in [0.5, 0.6) is 5.75 Å². The van der Waals surface area contributed by atoms with E-state index in [1.807, 2.05) is 48.7 Å². The summed E-state index contributed by atoms with van der Waals surface area (Å²) in [4.78, 5) is 17.7. The summed E-state index contributed by atoms with van der Waals surface area (Å²) in [6.07, 6.45) is 2.97. The largest absolute Gasteiger partial charge is 0.497 e. The number of ether oxygens (including phenoxy) is 2. The lowest BCUT2D eigenvalue weighted by molar-refractivity contribution is 0.0123. The van der Waals surface area contributed by atoms with Crippen molar-refractivity contribution < 1.29 is 19.4 Å². The highest BCUT2D eigenvalue weighted by atomic mass is 16.5. The van der Waals surface area contributed by atoms with E-state index in [9.17, 15) is 9.90 Å². The molecular formula is C21H23N3O4. The molecule has 1 saturated heterocycles. The van der Waals surface area contributed by atoms with Crippen molar-refractivity contribution in [1.29, 1.82) is 0 Å². The molecule has 1 amide bonds. The van der Waals surface area contributed by atoms with Gasteiger partial charge in [0.1, 0.15) is 5.75 Å². The van der Waals surface area contributed by atoms with E-state index in [-0.39, 0.29) is 12.5 Å². The highest BCUT2D eigenvalue weighted by Crippen LogP contribution is 2.27. The zero-order valence-corrected chi connectivity index (χ0v) is 15.7. The van der Waals surface area contributed by atoms with Crippen molar-refractivity contribution in [2.45, 2.75) is 18.4 Å². The number of pyridine rings is 1. The predicted octanol–water partition coefficient (Wildman–Crippen LogP) is 2.28. The van der Waals surface area contributed by atoms with Crippen molar-refractivity contribution >= 4 is 11.4 Å². The Labute approximate surface area is 162 Å². The number of aliphatic hydroxyl groups excluding tert-OH is 1. The number of aromatic nitrogens is 2. The Hall–Kier alpha value is -2.90. The number of methoxy groups -OCH3 is 1. The maximum absolute atomic E-state index is 13.1. The van der Waals surface area contributed by atoms with Crippen molar-refractivity contribution in [2.75, 3.05) is 26.9 Å². The van der Waals surface area contributed by atoms with E-state index in [0.29, 0.717) is 31.9 Å². The molecule has 0 atom stereocenters. The molecule has 4 rings (SSSR count). The molecule has 0 radical (unpaired) electrons. The number of aliphatic hydroxyl groups is 1. The quantitative estimate of drug-likeness (QED) is 0.708. The Morgan fingerprint density at radius 2 is 2.00 bits per heavy atom. The average Bonchev–Trinajstić information content (AvgIpc) is 3.14. The normalized spacial score (nSPS) is 16.1. The lowest BCUT2D eigenvalue weighted by Crippen LogP contribution is -2.54. The van der Waals surface area contributed by atoms with Gasteiger partial charge in [-0.2, -0.15) is 0 Å². The first-order valence-electron chi connectivity index (χ1n) is 9.28. The van der Waals surface area contributed by atoms with Gasteiger partial charge in [0, 0.05) is 25.0 Å². The Morgan fingerprint density at radius 1 is 1.25 bits per heavy atom. The van der Waals surface area contributed by atoms with Gasteiger partial charge >= 0.3 is 0 Å². The summed E-state index contributed by atoms with van der Waals surface area (Å²) in [6, 6.07) is 13.3. The second kappa shape index (κ2) is 7.61. The van der Waals surface area contributed by atoms with Crippen LogP contribution in [0.15, 0.2) is 48.7 Å². The molecule has 0 aliphatic carbocycles. The van der Waals surface area contributed by atoms with E-state index in [0.717, 1.165) is 22.5 Å². The number of imidazole rings is 1. The molecule has 3 heterocycles. The molecule has 0 saturated carbocycles. The van der Waals surface area contributed by atoms with Crippen LogP contribution in [0.3, 0.4) is 0 Å². The van der Waals surface area contributed by atoms with Gasteiger partial charge in [0.15, 0.2) is 0 Å². The predicted molar refractivity (Wildman–Crippen MR) is 105 cm³/mol. The lowest BCUT2D eigenvalue weighted by atomic mass is 9.91. The molecule has 0 bridgehead atoms. The van der Waals surface area contributed by atoms with Gasteiger partial charge < -0.3 is 19.9 Å². The number of carbonyl (C=O) groups is 1. The molecule has 28 heavy (non-hydrogen) atoms. The van der Waals surface area contributed by atoms with Crippen molar-refractivity contribution in [3.63, 3.8) is 0 Å². The molecule has 1 aliphatic heterocycles. The van der Waals surface area contributed by atoms with E-state index < -0.39 is 5.54 Å². The Bertz CT molecular complexity index is 975. The molecule has 1 aromatic carbocycles. The van der Waals surface area contributed by atoms with Crippen LogP contribution in [0, 0.1) is 0 Å². The summed E-state index contributed by atoms with van der Waals surface area (Å²) in [6.45, 7) is 0.900. The third-order valence-electron chi connectivity index (χ3n) is 5.25. The van der Waals surface area contributed by atoms with E-state index in [4.69, 9.17) is 9.47 Å². The number of nitrogens with one attached hydrogen (secondary N) is 1. The fourth-order valence-corrected chi connectivity index (χ4v) is 3.54. The van der Waals surface area contributed by atoms with Gasteiger partial charge in [-0.1, -0.05) is 6.07 Å². The Morgan fingerprint density at radius 3 is 2.68 bits per heavy atom. The summed E-state index contributed by atoms with van der Waals surface area (Å²) in [5.41, 5.74) is 1.78. The first kappa shape index (κ1) is 18.5. The third-order valence-corrected chi connectivity index (χ3v) is 5.25. The summed E-state index contributed by atoms with van der Waals surface area (Å²) in [7, 11) is 1.62. The van der Waals surface area contributed by atoms with Crippen LogP contribution in [0.1, 0.15) is 23.5 Å². The SMILES string of the molecule is COc1ccc(-c2nc(C(=O)NC3(CO)CCOCC3)n3ccccc23)cc1. The molecule has 0 unspecified atom stereocenters. The fraction of sp³-hybridized carbons (Fsp3) is 0.333. The van der Waals surface area contributed by atoms with Crippen molar-refractivity contribution in [3.05, 3.63) is 54.5 Å². The number of rotatable bonds is 5. The molecular weight excluding hydrogens is 358 g/mol. The van der Waals surface area contributed by atoms with Gasteiger partial charge in [-0.05, 0) is 49.2 Å². The number of fused-ring (bicyclic) bond motifs is 1. The van der Waals surface area contributed by atoms with Gasteiger partial charge in [-0.25, -0.2) is 4.98 Å². The first-order chi connectivity index (χ1) is 13.7. The molecule has 146 valence electrons. The fourth-order valence-electron chi connectivity index (χ4n) is 3.54. The Kier molecular flexibility index (Phi) is 5.02. The highest BCUT2D eigenvalue weighted by Gasteiger charge is 2.35. The van der Waals surface area contributed by atoms with E-state index >= 15 is 0 Å². The molecule has 7 nitrogen and oxygen atoms in total. The highest BCUT2D eigenvalue weighted by molar-refractivity contribution is 5.95. The third kappa shape index (κ3) is 3.34. The summed E-state index contributed by atoms with van der Waals surface area (Å²) in [5, 5.41) is 12.9. The standard InChI is InChI=1S/C21H23N3O4/c1-27-16-7-5-15(6-8-16)18-17-4-2-3-11-24(17)19(22-18)20(26)23-21(14-25)9-12-28-13-10-21/h2-8,11,25H,9-10,12-14H2,1H3,(H,23,26). The summed E-state index contributed by atoms with van der Waals surface area (Å²) < 4.78 is 12.4. The molecule has 3 aromatic rings. The van der Waals surface area contributed by atoms with Gasteiger partial charge in [-0.3, -0.25) is 9.20 Å². The minimum atomic E-state index is -0.670. The van der Waals surface area contributed by atoms with Gasteiger partial charge in [0.05, 0.1) is 30.5 Å². The number of carbonyl (C=O) groups excluding carboxylic acids is 1. The second-order valence-electron chi connectivity index (χ2n) is 6.97. The van der Waals surface area contributed by atoms with Crippen LogP contribution >= 0.6 is 0 Å².